The average molecular weight is 351 g/mol. The first-order valence-electron chi connectivity index (χ1n) is 5.26. The maximum absolute atomic E-state index is 12.2. The Labute approximate surface area is 113 Å². The average Bonchev–Trinajstić information content (AvgIpc) is 2.41. The van der Waals surface area contributed by atoms with Crippen LogP contribution >= 0.6 is 34.2 Å². The first-order chi connectivity index (χ1) is 7.63. The molecule has 0 fully saturated rings. The highest BCUT2D eigenvalue weighted by molar-refractivity contribution is 14.1. The summed E-state index contributed by atoms with van der Waals surface area (Å²) < 4.78 is 0.928. The standard InChI is InChI=1S/C11H12ClIN2O/c1-2-7-3-4-14-10-5-9(13)8(12)6-15(10)11(7)16/h5-7H,2-4H2,1H3. The van der Waals surface area contributed by atoms with Crippen LogP contribution in [0.1, 0.15) is 19.8 Å². The number of carbonyl (C=O) groups is 1. The number of amides is 1. The molecule has 16 heavy (non-hydrogen) atoms. The monoisotopic (exact) mass is 350 g/mol. The molecule has 86 valence electrons. The van der Waals surface area contributed by atoms with Crippen LogP contribution in [-0.4, -0.2) is 23.2 Å². The molecule has 0 bridgehead atoms. The highest BCUT2D eigenvalue weighted by Gasteiger charge is 2.29. The smallest absolute Gasteiger partial charge is 0.235 e. The number of rotatable bonds is 1. The van der Waals surface area contributed by atoms with Crippen LogP contribution in [0.4, 0.5) is 0 Å². The number of halogens is 2. The second-order valence-corrected chi connectivity index (χ2v) is 5.38. The van der Waals surface area contributed by atoms with Gasteiger partial charge in [-0.15, -0.1) is 0 Å². The van der Waals surface area contributed by atoms with E-state index in [1.807, 2.05) is 13.0 Å². The number of aliphatic imine (C=N–C) groups is 1. The molecule has 0 N–H and O–H groups in total. The quantitative estimate of drug-likeness (QED) is 0.669. The first-order valence-corrected chi connectivity index (χ1v) is 6.71. The van der Waals surface area contributed by atoms with Crippen molar-refractivity contribution in [1.29, 1.82) is 0 Å². The third kappa shape index (κ3) is 2.18. The van der Waals surface area contributed by atoms with Crippen molar-refractivity contribution in [2.75, 3.05) is 6.54 Å². The van der Waals surface area contributed by atoms with Crippen LogP contribution in [0, 0.1) is 5.92 Å². The molecule has 1 amide bonds. The Bertz CT molecular complexity index is 414. The summed E-state index contributed by atoms with van der Waals surface area (Å²) in [7, 11) is 0. The van der Waals surface area contributed by atoms with Gasteiger partial charge in [0.15, 0.2) is 0 Å². The van der Waals surface area contributed by atoms with Gasteiger partial charge >= 0.3 is 0 Å². The Morgan fingerprint density at radius 2 is 2.44 bits per heavy atom. The van der Waals surface area contributed by atoms with E-state index in [0.717, 1.165) is 22.3 Å². The van der Waals surface area contributed by atoms with Crippen molar-refractivity contribution in [3.8, 4) is 0 Å². The predicted octanol–water partition coefficient (Wildman–Crippen LogP) is 3.06. The van der Waals surface area contributed by atoms with Crippen molar-refractivity contribution >= 4 is 45.9 Å². The number of hydrogen-bond donors (Lipinski definition) is 0. The molecule has 0 spiro atoms. The van der Waals surface area contributed by atoms with E-state index in [1.165, 1.54) is 0 Å². The Balaban J connectivity index is 2.36. The summed E-state index contributed by atoms with van der Waals surface area (Å²) in [4.78, 5) is 18.2. The molecule has 0 aliphatic carbocycles. The van der Waals surface area contributed by atoms with Crippen molar-refractivity contribution in [2.45, 2.75) is 19.8 Å². The molecule has 0 radical (unpaired) electrons. The van der Waals surface area contributed by atoms with E-state index in [-0.39, 0.29) is 11.8 Å². The molecule has 2 aliphatic rings. The minimum atomic E-state index is 0.0612. The summed E-state index contributed by atoms with van der Waals surface area (Å²) in [6.07, 6.45) is 5.22. The molecule has 1 atom stereocenters. The molecule has 0 saturated heterocycles. The number of allylic oxidation sites excluding steroid dienone is 2. The third-order valence-corrected chi connectivity index (χ3v) is 4.32. The lowest BCUT2D eigenvalue weighted by Gasteiger charge is -2.23. The fourth-order valence-electron chi connectivity index (χ4n) is 1.83. The molecule has 2 heterocycles. The minimum absolute atomic E-state index is 0.0612. The Morgan fingerprint density at radius 3 is 3.12 bits per heavy atom. The van der Waals surface area contributed by atoms with E-state index in [2.05, 4.69) is 27.6 Å². The fraction of sp³-hybridized carbons (Fsp3) is 0.455. The zero-order valence-corrected chi connectivity index (χ0v) is 11.8. The van der Waals surface area contributed by atoms with Gasteiger partial charge < -0.3 is 0 Å². The lowest BCUT2D eigenvalue weighted by molar-refractivity contribution is -0.129. The van der Waals surface area contributed by atoms with Crippen LogP contribution in [0.25, 0.3) is 0 Å². The normalized spacial score (nSPS) is 25.4. The molecule has 0 aromatic rings. The Morgan fingerprint density at radius 1 is 1.69 bits per heavy atom. The van der Waals surface area contributed by atoms with Gasteiger partial charge in [0, 0.05) is 22.2 Å². The van der Waals surface area contributed by atoms with Crippen molar-refractivity contribution in [3.63, 3.8) is 0 Å². The molecule has 2 rings (SSSR count). The third-order valence-electron chi connectivity index (χ3n) is 2.80. The lowest BCUT2D eigenvalue weighted by atomic mass is 10.0. The molecule has 0 aromatic carbocycles. The highest BCUT2D eigenvalue weighted by atomic mass is 127. The summed E-state index contributed by atoms with van der Waals surface area (Å²) in [6, 6.07) is 0. The predicted molar refractivity (Wildman–Crippen MR) is 73.6 cm³/mol. The van der Waals surface area contributed by atoms with E-state index in [1.54, 1.807) is 11.1 Å². The minimum Gasteiger partial charge on any atom is -0.274 e. The van der Waals surface area contributed by atoms with Gasteiger partial charge in [-0.25, -0.2) is 0 Å². The molecule has 2 aliphatic heterocycles. The van der Waals surface area contributed by atoms with Gasteiger partial charge in [-0.05, 0) is 41.5 Å². The molecular formula is C11H12ClIN2O. The molecule has 3 nitrogen and oxygen atoms in total. The van der Waals surface area contributed by atoms with E-state index < -0.39 is 0 Å². The van der Waals surface area contributed by atoms with Crippen LogP contribution in [0.3, 0.4) is 0 Å². The van der Waals surface area contributed by atoms with Crippen LogP contribution in [0.5, 0.6) is 0 Å². The molecule has 5 heteroatoms. The fourth-order valence-corrected chi connectivity index (χ4v) is 2.40. The zero-order chi connectivity index (χ0) is 11.7. The van der Waals surface area contributed by atoms with Gasteiger partial charge in [-0.2, -0.15) is 0 Å². The summed E-state index contributed by atoms with van der Waals surface area (Å²) in [6.45, 7) is 2.74. The van der Waals surface area contributed by atoms with Gasteiger partial charge in [0.2, 0.25) is 5.91 Å². The number of fused-ring (bicyclic) bond motifs is 1. The van der Waals surface area contributed by atoms with Gasteiger partial charge in [0.1, 0.15) is 5.84 Å². The van der Waals surface area contributed by atoms with Crippen molar-refractivity contribution < 1.29 is 4.79 Å². The molecule has 0 aromatic heterocycles. The van der Waals surface area contributed by atoms with Crippen molar-refractivity contribution in [2.24, 2.45) is 10.9 Å². The topological polar surface area (TPSA) is 32.7 Å². The SMILES string of the molecule is CCC1CCN=C2C=C(I)C(Cl)=CN2C1=O. The summed E-state index contributed by atoms with van der Waals surface area (Å²) in [5, 5.41) is 0.602. The van der Waals surface area contributed by atoms with Crippen LogP contribution < -0.4 is 0 Å². The maximum atomic E-state index is 12.2. The molecular weight excluding hydrogens is 338 g/mol. The van der Waals surface area contributed by atoms with Crippen LogP contribution in [-0.2, 0) is 4.79 Å². The maximum Gasteiger partial charge on any atom is 0.235 e. The number of amidine groups is 1. The van der Waals surface area contributed by atoms with Crippen molar-refractivity contribution in [3.05, 3.63) is 20.9 Å². The lowest BCUT2D eigenvalue weighted by Crippen LogP contribution is -2.36. The van der Waals surface area contributed by atoms with Gasteiger partial charge in [0.25, 0.3) is 0 Å². The zero-order valence-electron chi connectivity index (χ0n) is 8.91. The van der Waals surface area contributed by atoms with Crippen LogP contribution in [0.2, 0.25) is 0 Å². The Hall–Kier alpha value is -0.360. The number of hydrogen-bond acceptors (Lipinski definition) is 2. The summed E-state index contributed by atoms with van der Waals surface area (Å²) in [5.41, 5.74) is 0. The number of nitrogens with zero attached hydrogens (tertiary/aromatic N) is 2. The van der Waals surface area contributed by atoms with E-state index >= 15 is 0 Å². The van der Waals surface area contributed by atoms with Crippen molar-refractivity contribution in [1.82, 2.24) is 4.90 Å². The Kier molecular flexibility index (Phi) is 3.69. The largest absolute Gasteiger partial charge is 0.274 e. The second kappa shape index (κ2) is 4.87. The number of carbonyl (C=O) groups excluding carboxylic acids is 1. The van der Waals surface area contributed by atoms with E-state index in [4.69, 9.17) is 11.6 Å². The van der Waals surface area contributed by atoms with Crippen LogP contribution in [0.15, 0.2) is 25.9 Å². The van der Waals surface area contributed by atoms with Gasteiger partial charge in [-0.1, -0.05) is 18.5 Å². The van der Waals surface area contributed by atoms with E-state index in [0.29, 0.717) is 11.6 Å². The van der Waals surface area contributed by atoms with Gasteiger partial charge in [-0.3, -0.25) is 14.7 Å². The molecule has 1 unspecified atom stereocenters. The summed E-state index contributed by atoms with van der Waals surface area (Å²) in [5.74, 6) is 0.887. The van der Waals surface area contributed by atoms with E-state index in [9.17, 15) is 4.79 Å². The second-order valence-electron chi connectivity index (χ2n) is 3.81. The van der Waals surface area contributed by atoms with Gasteiger partial charge in [0.05, 0.1) is 5.03 Å². The highest BCUT2D eigenvalue weighted by Crippen LogP contribution is 2.29. The first kappa shape index (κ1) is 12.1. The summed E-state index contributed by atoms with van der Waals surface area (Å²) >= 11 is 8.18. The molecule has 0 saturated carbocycles.